The van der Waals surface area contributed by atoms with Crippen molar-refractivity contribution in [3.8, 4) is 5.75 Å². The number of aliphatic hydroxyl groups excluding tert-OH is 1. The van der Waals surface area contributed by atoms with Crippen LogP contribution in [0.5, 0.6) is 5.75 Å². The lowest BCUT2D eigenvalue weighted by Gasteiger charge is -2.15. The van der Waals surface area contributed by atoms with E-state index in [2.05, 4.69) is 5.32 Å². The number of hydrogen-bond donors (Lipinski definition) is 2. The summed E-state index contributed by atoms with van der Waals surface area (Å²) >= 11 is 5.94. The SMILES string of the molecule is COc1ccc(Cl)cc1CC(=O)NCC1CCCC1O. The highest BCUT2D eigenvalue weighted by Gasteiger charge is 2.25. The number of halogens is 1. The fraction of sp³-hybridized carbons (Fsp3) is 0.533. The molecular formula is C15H20ClNO3. The number of rotatable bonds is 5. The minimum atomic E-state index is -0.281. The molecule has 0 saturated heterocycles. The van der Waals surface area contributed by atoms with Crippen LogP contribution in [0.25, 0.3) is 0 Å². The average molecular weight is 298 g/mol. The molecule has 1 aromatic rings. The fourth-order valence-electron chi connectivity index (χ4n) is 2.62. The smallest absolute Gasteiger partial charge is 0.224 e. The highest BCUT2D eigenvalue weighted by atomic mass is 35.5. The molecular weight excluding hydrogens is 278 g/mol. The maximum atomic E-state index is 12.0. The molecule has 0 aromatic heterocycles. The predicted molar refractivity (Wildman–Crippen MR) is 78.1 cm³/mol. The molecule has 1 saturated carbocycles. The van der Waals surface area contributed by atoms with Crippen LogP contribution >= 0.6 is 11.6 Å². The summed E-state index contributed by atoms with van der Waals surface area (Å²) in [5, 5.41) is 13.2. The zero-order valence-electron chi connectivity index (χ0n) is 11.6. The van der Waals surface area contributed by atoms with Crippen LogP contribution in [0.3, 0.4) is 0 Å². The average Bonchev–Trinajstić information content (AvgIpc) is 2.82. The molecule has 0 radical (unpaired) electrons. The summed E-state index contributed by atoms with van der Waals surface area (Å²) in [5.41, 5.74) is 0.768. The van der Waals surface area contributed by atoms with E-state index in [-0.39, 0.29) is 24.3 Å². The van der Waals surface area contributed by atoms with E-state index in [0.29, 0.717) is 17.3 Å². The summed E-state index contributed by atoms with van der Waals surface area (Å²) in [5.74, 6) is 0.760. The highest BCUT2D eigenvalue weighted by Crippen LogP contribution is 2.25. The molecule has 0 heterocycles. The first kappa shape index (κ1) is 15.1. The summed E-state index contributed by atoms with van der Waals surface area (Å²) in [6.07, 6.45) is 2.79. The molecule has 20 heavy (non-hydrogen) atoms. The lowest BCUT2D eigenvalue weighted by molar-refractivity contribution is -0.120. The first-order chi connectivity index (χ1) is 9.60. The molecule has 2 rings (SSSR count). The van der Waals surface area contributed by atoms with Crippen LogP contribution in [0.2, 0.25) is 5.02 Å². The Balaban J connectivity index is 1.89. The number of benzene rings is 1. The van der Waals surface area contributed by atoms with E-state index in [1.165, 1.54) is 0 Å². The van der Waals surface area contributed by atoms with Gasteiger partial charge in [0, 0.05) is 23.0 Å². The second-order valence-corrected chi connectivity index (χ2v) is 5.63. The summed E-state index contributed by atoms with van der Waals surface area (Å²) in [6, 6.07) is 5.23. The van der Waals surface area contributed by atoms with Gasteiger partial charge in [0.2, 0.25) is 5.91 Å². The molecule has 2 unspecified atom stereocenters. The zero-order chi connectivity index (χ0) is 14.5. The van der Waals surface area contributed by atoms with E-state index < -0.39 is 0 Å². The Hall–Kier alpha value is -1.26. The Labute approximate surface area is 124 Å². The van der Waals surface area contributed by atoms with Gasteiger partial charge in [-0.15, -0.1) is 0 Å². The molecule has 110 valence electrons. The van der Waals surface area contributed by atoms with Gasteiger partial charge in [-0.05, 0) is 31.0 Å². The lowest BCUT2D eigenvalue weighted by atomic mass is 10.1. The van der Waals surface area contributed by atoms with E-state index in [1.54, 1.807) is 25.3 Å². The lowest BCUT2D eigenvalue weighted by Crippen LogP contribution is -2.33. The number of amides is 1. The Morgan fingerprint density at radius 1 is 1.50 bits per heavy atom. The maximum Gasteiger partial charge on any atom is 0.224 e. The third-order valence-electron chi connectivity index (χ3n) is 3.77. The van der Waals surface area contributed by atoms with Gasteiger partial charge < -0.3 is 15.2 Å². The minimum absolute atomic E-state index is 0.0790. The maximum absolute atomic E-state index is 12.0. The first-order valence-electron chi connectivity index (χ1n) is 6.87. The molecule has 0 aliphatic heterocycles. The van der Waals surface area contributed by atoms with Crippen LogP contribution in [0, 0.1) is 5.92 Å². The van der Waals surface area contributed by atoms with Gasteiger partial charge >= 0.3 is 0 Å². The predicted octanol–water partition coefficient (Wildman–Crippen LogP) is 2.17. The van der Waals surface area contributed by atoms with E-state index in [1.807, 2.05) is 0 Å². The van der Waals surface area contributed by atoms with E-state index in [9.17, 15) is 9.90 Å². The summed E-state index contributed by atoms with van der Waals surface area (Å²) in [4.78, 5) is 12.0. The molecule has 1 fully saturated rings. The van der Waals surface area contributed by atoms with Gasteiger partial charge in [0.15, 0.2) is 0 Å². The van der Waals surface area contributed by atoms with Crippen LogP contribution in [0.1, 0.15) is 24.8 Å². The number of ether oxygens (including phenoxy) is 1. The third-order valence-corrected chi connectivity index (χ3v) is 4.01. The second-order valence-electron chi connectivity index (χ2n) is 5.20. The van der Waals surface area contributed by atoms with Crippen molar-refractivity contribution in [3.63, 3.8) is 0 Å². The van der Waals surface area contributed by atoms with E-state index >= 15 is 0 Å². The largest absolute Gasteiger partial charge is 0.496 e. The normalized spacial score (nSPS) is 21.8. The summed E-state index contributed by atoms with van der Waals surface area (Å²) < 4.78 is 5.22. The minimum Gasteiger partial charge on any atom is -0.496 e. The van der Waals surface area contributed by atoms with Crippen molar-refractivity contribution in [1.82, 2.24) is 5.32 Å². The Morgan fingerprint density at radius 2 is 2.30 bits per heavy atom. The van der Waals surface area contributed by atoms with Crippen LogP contribution in [0.15, 0.2) is 18.2 Å². The molecule has 2 N–H and O–H groups in total. The topological polar surface area (TPSA) is 58.6 Å². The van der Waals surface area contributed by atoms with Crippen molar-refractivity contribution in [2.45, 2.75) is 31.8 Å². The number of nitrogens with one attached hydrogen (secondary N) is 1. The standard InChI is InChI=1S/C15H20ClNO3/c1-20-14-6-5-12(16)7-11(14)8-15(19)17-9-10-3-2-4-13(10)18/h5-7,10,13,18H,2-4,8-9H2,1H3,(H,17,19). The molecule has 1 aliphatic rings. The first-order valence-corrected chi connectivity index (χ1v) is 7.25. The molecule has 1 amide bonds. The molecule has 1 aliphatic carbocycles. The highest BCUT2D eigenvalue weighted by molar-refractivity contribution is 6.30. The van der Waals surface area contributed by atoms with Gasteiger partial charge in [0.05, 0.1) is 19.6 Å². The van der Waals surface area contributed by atoms with Gasteiger partial charge in [-0.3, -0.25) is 4.79 Å². The molecule has 5 heteroatoms. The molecule has 4 nitrogen and oxygen atoms in total. The van der Waals surface area contributed by atoms with E-state index in [0.717, 1.165) is 24.8 Å². The Bertz CT molecular complexity index is 478. The Kier molecular flexibility index (Phi) is 5.26. The van der Waals surface area contributed by atoms with Crippen molar-refractivity contribution in [1.29, 1.82) is 0 Å². The third kappa shape index (κ3) is 3.87. The van der Waals surface area contributed by atoms with Crippen molar-refractivity contribution in [3.05, 3.63) is 28.8 Å². The van der Waals surface area contributed by atoms with Crippen LogP contribution < -0.4 is 10.1 Å². The van der Waals surface area contributed by atoms with Gasteiger partial charge in [0.25, 0.3) is 0 Å². The van der Waals surface area contributed by atoms with Crippen LogP contribution in [0.4, 0.5) is 0 Å². The van der Waals surface area contributed by atoms with Crippen LogP contribution in [-0.2, 0) is 11.2 Å². The van der Waals surface area contributed by atoms with Gasteiger partial charge in [-0.1, -0.05) is 18.0 Å². The van der Waals surface area contributed by atoms with Crippen LogP contribution in [-0.4, -0.2) is 30.8 Å². The van der Waals surface area contributed by atoms with Gasteiger partial charge in [0.1, 0.15) is 5.75 Å². The fourth-order valence-corrected chi connectivity index (χ4v) is 2.82. The van der Waals surface area contributed by atoms with Crippen molar-refractivity contribution >= 4 is 17.5 Å². The molecule has 0 bridgehead atoms. The van der Waals surface area contributed by atoms with Crippen molar-refractivity contribution in [2.24, 2.45) is 5.92 Å². The number of carbonyl (C=O) groups is 1. The van der Waals surface area contributed by atoms with Gasteiger partial charge in [-0.25, -0.2) is 0 Å². The summed E-state index contributed by atoms with van der Waals surface area (Å²) in [7, 11) is 1.57. The zero-order valence-corrected chi connectivity index (χ0v) is 12.3. The van der Waals surface area contributed by atoms with Crippen molar-refractivity contribution < 1.29 is 14.6 Å². The van der Waals surface area contributed by atoms with Crippen molar-refractivity contribution in [2.75, 3.05) is 13.7 Å². The number of hydrogen-bond acceptors (Lipinski definition) is 3. The number of aliphatic hydroxyl groups is 1. The summed E-state index contributed by atoms with van der Waals surface area (Å²) in [6.45, 7) is 0.531. The second kappa shape index (κ2) is 6.95. The number of carbonyl (C=O) groups excluding carboxylic acids is 1. The number of methoxy groups -OCH3 is 1. The van der Waals surface area contributed by atoms with E-state index in [4.69, 9.17) is 16.3 Å². The molecule has 2 atom stereocenters. The Morgan fingerprint density at radius 3 is 2.95 bits per heavy atom. The molecule has 0 spiro atoms. The monoisotopic (exact) mass is 297 g/mol. The van der Waals surface area contributed by atoms with Gasteiger partial charge in [-0.2, -0.15) is 0 Å². The molecule has 1 aromatic carbocycles. The quantitative estimate of drug-likeness (QED) is 0.876.